The van der Waals surface area contributed by atoms with Crippen LogP contribution in [0.1, 0.15) is 19.7 Å². The molecule has 0 saturated carbocycles. The van der Waals surface area contributed by atoms with Gasteiger partial charge in [0.1, 0.15) is 11.0 Å². The summed E-state index contributed by atoms with van der Waals surface area (Å²) >= 11 is 7.47. The molecule has 1 aromatic rings. The molecular formula is C11H13ClF3N3S. The predicted molar refractivity (Wildman–Crippen MR) is 70.8 cm³/mol. The topological polar surface area (TPSA) is 29.0 Å². The molecule has 2 heterocycles. The Labute approximate surface area is 118 Å². The van der Waals surface area contributed by atoms with E-state index in [1.54, 1.807) is 11.8 Å². The highest BCUT2D eigenvalue weighted by Crippen LogP contribution is 2.32. The van der Waals surface area contributed by atoms with Crippen LogP contribution >= 0.6 is 23.4 Å². The van der Waals surface area contributed by atoms with Crippen LogP contribution in [0.4, 0.5) is 19.0 Å². The lowest BCUT2D eigenvalue weighted by molar-refractivity contribution is -0.144. The van der Waals surface area contributed by atoms with E-state index in [-0.39, 0.29) is 17.0 Å². The largest absolute Gasteiger partial charge is 0.451 e. The third kappa shape index (κ3) is 3.25. The van der Waals surface area contributed by atoms with E-state index in [0.717, 1.165) is 5.75 Å². The van der Waals surface area contributed by atoms with Crippen LogP contribution in [0.2, 0.25) is 5.15 Å². The molecule has 1 aliphatic rings. The molecule has 0 bridgehead atoms. The van der Waals surface area contributed by atoms with Crippen molar-refractivity contribution in [1.29, 1.82) is 0 Å². The fraction of sp³-hybridized carbons (Fsp3) is 0.636. The first kappa shape index (κ1) is 14.7. The Morgan fingerprint density at radius 3 is 2.68 bits per heavy atom. The molecule has 2 unspecified atom stereocenters. The molecule has 0 spiro atoms. The van der Waals surface area contributed by atoms with Gasteiger partial charge in [0.25, 0.3) is 0 Å². The van der Waals surface area contributed by atoms with Gasteiger partial charge in [0.05, 0.1) is 0 Å². The second kappa shape index (κ2) is 5.36. The van der Waals surface area contributed by atoms with Crippen LogP contribution in [0.25, 0.3) is 0 Å². The van der Waals surface area contributed by atoms with Gasteiger partial charge in [-0.25, -0.2) is 9.97 Å². The summed E-state index contributed by atoms with van der Waals surface area (Å²) < 4.78 is 38.0. The molecule has 1 saturated heterocycles. The maximum Gasteiger partial charge on any atom is 0.451 e. The van der Waals surface area contributed by atoms with Crippen LogP contribution in [-0.2, 0) is 6.18 Å². The Balaban J connectivity index is 2.36. The van der Waals surface area contributed by atoms with Gasteiger partial charge in [0.15, 0.2) is 0 Å². The summed E-state index contributed by atoms with van der Waals surface area (Å²) in [5.74, 6) is -0.0888. The van der Waals surface area contributed by atoms with Gasteiger partial charge in [-0.1, -0.05) is 18.5 Å². The van der Waals surface area contributed by atoms with Crippen LogP contribution in [0.3, 0.4) is 0 Å². The van der Waals surface area contributed by atoms with Crippen molar-refractivity contribution in [1.82, 2.24) is 9.97 Å². The van der Waals surface area contributed by atoms with E-state index in [2.05, 4.69) is 16.9 Å². The number of anilines is 1. The van der Waals surface area contributed by atoms with E-state index in [4.69, 9.17) is 11.6 Å². The van der Waals surface area contributed by atoms with Crippen LogP contribution in [0.15, 0.2) is 6.07 Å². The van der Waals surface area contributed by atoms with Gasteiger partial charge in [0, 0.05) is 29.7 Å². The first-order chi connectivity index (χ1) is 8.79. The van der Waals surface area contributed by atoms with Gasteiger partial charge in [-0.15, -0.1) is 0 Å². The molecule has 0 amide bonds. The lowest BCUT2D eigenvalue weighted by Crippen LogP contribution is -2.45. The van der Waals surface area contributed by atoms with Gasteiger partial charge >= 0.3 is 6.18 Å². The summed E-state index contributed by atoms with van der Waals surface area (Å²) in [4.78, 5) is 8.70. The molecule has 1 aliphatic heterocycles. The summed E-state index contributed by atoms with van der Waals surface area (Å²) in [5.41, 5.74) is 0. The molecule has 0 aromatic carbocycles. The molecule has 0 N–H and O–H groups in total. The number of hydrogen-bond acceptors (Lipinski definition) is 4. The Morgan fingerprint density at radius 1 is 1.37 bits per heavy atom. The van der Waals surface area contributed by atoms with Crippen molar-refractivity contribution in [3.05, 3.63) is 17.0 Å². The second-order valence-corrected chi connectivity index (χ2v) is 6.25. The van der Waals surface area contributed by atoms with E-state index in [1.807, 2.05) is 11.8 Å². The quantitative estimate of drug-likeness (QED) is 0.743. The molecule has 3 nitrogen and oxygen atoms in total. The maximum atomic E-state index is 12.7. The van der Waals surface area contributed by atoms with Gasteiger partial charge in [-0.2, -0.15) is 24.9 Å². The monoisotopic (exact) mass is 311 g/mol. The molecule has 1 fully saturated rings. The molecular weight excluding hydrogens is 299 g/mol. The van der Waals surface area contributed by atoms with E-state index >= 15 is 0 Å². The fourth-order valence-corrected chi connectivity index (χ4v) is 3.21. The number of thioether (sulfide) groups is 1. The zero-order chi connectivity index (χ0) is 14.2. The molecule has 2 rings (SSSR count). The number of hydrogen-bond donors (Lipinski definition) is 0. The predicted octanol–water partition coefficient (Wildman–Crippen LogP) is 3.48. The lowest BCUT2D eigenvalue weighted by atomic mass is 10.2. The van der Waals surface area contributed by atoms with Crippen molar-refractivity contribution in [3.63, 3.8) is 0 Å². The maximum absolute atomic E-state index is 12.7. The summed E-state index contributed by atoms with van der Waals surface area (Å²) in [7, 11) is 0. The number of nitrogens with zero attached hydrogens (tertiary/aromatic N) is 3. The van der Waals surface area contributed by atoms with Crippen molar-refractivity contribution >= 4 is 29.2 Å². The Bertz CT molecular complexity index is 469. The van der Waals surface area contributed by atoms with E-state index < -0.39 is 12.0 Å². The zero-order valence-electron chi connectivity index (χ0n) is 10.4. The van der Waals surface area contributed by atoms with E-state index in [9.17, 15) is 13.2 Å². The van der Waals surface area contributed by atoms with Crippen molar-refractivity contribution in [2.45, 2.75) is 31.3 Å². The third-order valence-corrected chi connectivity index (χ3v) is 4.64. The number of rotatable bonds is 1. The minimum absolute atomic E-state index is 0.103. The van der Waals surface area contributed by atoms with E-state index in [1.165, 1.54) is 6.07 Å². The molecule has 8 heteroatoms. The fourth-order valence-electron chi connectivity index (χ4n) is 1.94. The van der Waals surface area contributed by atoms with Crippen molar-refractivity contribution in [3.8, 4) is 0 Å². The van der Waals surface area contributed by atoms with Crippen LogP contribution < -0.4 is 4.90 Å². The molecule has 0 radical (unpaired) electrons. The van der Waals surface area contributed by atoms with Crippen LogP contribution in [0, 0.1) is 0 Å². The Morgan fingerprint density at radius 2 is 2.05 bits per heavy atom. The standard InChI is InChI=1S/C11H13ClF3N3S/c1-6-7(2)19-4-3-18(6)9-5-8(12)16-10(17-9)11(13,14)15/h5-7H,3-4H2,1-2H3. The number of halogens is 4. The average Bonchev–Trinajstić information content (AvgIpc) is 2.31. The summed E-state index contributed by atoms with van der Waals surface area (Å²) in [6.07, 6.45) is -4.58. The second-order valence-electron chi connectivity index (χ2n) is 4.38. The van der Waals surface area contributed by atoms with Crippen molar-refractivity contribution < 1.29 is 13.2 Å². The van der Waals surface area contributed by atoms with Crippen LogP contribution in [-0.4, -0.2) is 33.6 Å². The molecule has 19 heavy (non-hydrogen) atoms. The van der Waals surface area contributed by atoms with Crippen molar-refractivity contribution in [2.24, 2.45) is 0 Å². The first-order valence-corrected chi connectivity index (χ1v) is 7.21. The van der Waals surface area contributed by atoms with Gasteiger partial charge in [-0.05, 0) is 6.92 Å². The van der Waals surface area contributed by atoms with Gasteiger partial charge < -0.3 is 4.90 Å². The third-order valence-electron chi connectivity index (χ3n) is 3.11. The molecule has 0 aliphatic carbocycles. The van der Waals surface area contributed by atoms with Crippen LogP contribution in [0.5, 0.6) is 0 Å². The van der Waals surface area contributed by atoms with Crippen molar-refractivity contribution in [2.75, 3.05) is 17.2 Å². The summed E-state index contributed by atoms with van der Waals surface area (Å²) in [6.45, 7) is 4.68. The van der Waals surface area contributed by atoms with Gasteiger partial charge in [0.2, 0.25) is 5.82 Å². The molecule has 106 valence electrons. The molecule has 1 aromatic heterocycles. The van der Waals surface area contributed by atoms with E-state index in [0.29, 0.717) is 11.8 Å². The Kier molecular flexibility index (Phi) is 4.15. The highest BCUT2D eigenvalue weighted by Gasteiger charge is 2.36. The minimum atomic E-state index is -4.58. The Hall–Kier alpha value is -0.690. The first-order valence-electron chi connectivity index (χ1n) is 5.79. The summed E-state index contributed by atoms with van der Waals surface area (Å²) in [6, 6.07) is 1.49. The normalized spacial score (nSPS) is 24.6. The minimum Gasteiger partial charge on any atom is -0.352 e. The highest BCUT2D eigenvalue weighted by molar-refractivity contribution is 8.00. The molecule has 2 atom stereocenters. The average molecular weight is 312 g/mol. The summed E-state index contributed by atoms with van der Waals surface area (Å²) in [5, 5.41) is 0.146. The smallest absolute Gasteiger partial charge is 0.352 e. The number of alkyl halides is 3. The van der Waals surface area contributed by atoms with Gasteiger partial charge in [-0.3, -0.25) is 0 Å². The number of aromatic nitrogens is 2. The highest BCUT2D eigenvalue weighted by atomic mass is 35.5. The SMILES string of the molecule is CC1SCCN(c2cc(Cl)nc(C(F)(F)F)n2)C1C. The lowest BCUT2D eigenvalue weighted by Gasteiger charge is -2.38. The zero-order valence-corrected chi connectivity index (χ0v) is 12.0.